The molecule has 4 atom stereocenters. The fraction of sp³-hybridized carbons (Fsp3) is 0.500. The minimum atomic E-state index is -2.29. The zero-order chi connectivity index (χ0) is 41.7. The first-order valence-corrected chi connectivity index (χ1v) is 22.6. The summed E-state index contributed by atoms with van der Waals surface area (Å²) in [7, 11) is -0.330. The molecule has 12 heteroatoms. The number of nitrogens with zero attached hydrogens (tertiary/aromatic N) is 5. The van der Waals surface area contributed by atoms with Gasteiger partial charge in [0.2, 0.25) is 0 Å². The van der Waals surface area contributed by atoms with E-state index < -0.39 is 37.3 Å². The van der Waals surface area contributed by atoms with Crippen molar-refractivity contribution >= 4 is 35.6 Å². The van der Waals surface area contributed by atoms with Gasteiger partial charge < -0.3 is 19.3 Å². The smallest absolute Gasteiger partial charge is 0.319 e. The number of rotatable bonds is 8. The number of pyridine rings is 1. The molecule has 7 rings (SSSR count). The molecule has 4 aromatic rings. The summed E-state index contributed by atoms with van der Waals surface area (Å²) in [4.78, 5) is 18.3. The second kappa shape index (κ2) is 16.3. The van der Waals surface area contributed by atoms with E-state index in [0.29, 0.717) is 71.0 Å². The van der Waals surface area contributed by atoms with Gasteiger partial charge in [-0.05, 0) is 60.0 Å². The molecule has 2 saturated heterocycles. The summed E-state index contributed by atoms with van der Waals surface area (Å²) in [5.41, 5.74) is 4.97. The van der Waals surface area contributed by atoms with Crippen molar-refractivity contribution in [3.05, 3.63) is 65.1 Å². The standard InChI is InChI=1S/C46H53F4N5O2Si/c1-10-12-36-38-42(52-45(57-26-46(8)25-54(9)19-17-31(46)23-47)53-44(38)55-20-21-56-24-34-39(49)43(34)55)40(50)41(51-36)33-14-11-13-30-15-16-35(48)32(37(30)33)18-22-58(27(2)3,28(4)5)29(6)7/h11,13-16,23,27-29,34,39,43H,17,19-21,24-26H2,1-9H3/b31-23+/t34-,39-,43-,46-/m0/s1. The number of hydrogen-bond donors (Lipinski definition) is 0. The number of alkyl halides is 1. The highest BCUT2D eigenvalue weighted by Crippen LogP contribution is 2.46. The van der Waals surface area contributed by atoms with E-state index in [1.165, 1.54) is 6.07 Å². The van der Waals surface area contributed by atoms with Crippen LogP contribution in [0, 0.1) is 46.3 Å². The van der Waals surface area contributed by atoms with Gasteiger partial charge in [0, 0.05) is 41.9 Å². The Morgan fingerprint density at radius 2 is 1.74 bits per heavy atom. The Morgan fingerprint density at radius 3 is 2.43 bits per heavy atom. The SMILES string of the molecule is CC#Cc1nc(-c2cccc3ccc(F)c(C#C[Si](C(C)C)(C(C)C)C(C)C)c23)c(F)c2nc(OC[C@]3(C)CN(C)CC/C3=C\F)nc(N3CCOC[C@H]4[C@H](F)[C@H]43)c12. The molecule has 0 spiro atoms. The lowest BCUT2D eigenvalue weighted by Crippen LogP contribution is -2.44. The number of ether oxygens (including phenoxy) is 2. The summed E-state index contributed by atoms with van der Waals surface area (Å²) in [6, 6.07) is 7.72. The van der Waals surface area contributed by atoms with E-state index in [2.05, 4.69) is 74.7 Å². The molecule has 0 bridgehead atoms. The van der Waals surface area contributed by atoms with Gasteiger partial charge in [0.25, 0.3) is 0 Å². The van der Waals surface area contributed by atoms with E-state index in [1.807, 2.05) is 20.0 Å². The van der Waals surface area contributed by atoms with Gasteiger partial charge in [0.15, 0.2) is 5.82 Å². The van der Waals surface area contributed by atoms with E-state index in [0.717, 1.165) is 0 Å². The summed E-state index contributed by atoms with van der Waals surface area (Å²) < 4.78 is 75.5. The van der Waals surface area contributed by atoms with Gasteiger partial charge in [0.05, 0.1) is 36.5 Å². The lowest BCUT2D eigenvalue weighted by atomic mass is 9.78. The lowest BCUT2D eigenvalue weighted by Gasteiger charge is -2.40. The van der Waals surface area contributed by atoms with Crippen molar-refractivity contribution in [1.82, 2.24) is 19.9 Å². The highest BCUT2D eigenvalue weighted by molar-refractivity contribution is 6.90. The van der Waals surface area contributed by atoms with Gasteiger partial charge in [0.1, 0.15) is 49.4 Å². The normalized spacial score (nSPS) is 23.2. The summed E-state index contributed by atoms with van der Waals surface area (Å²) in [5.74, 6) is 7.84. The monoisotopic (exact) mass is 811 g/mol. The summed E-state index contributed by atoms with van der Waals surface area (Å²) in [5, 5.41) is 1.32. The molecule has 58 heavy (non-hydrogen) atoms. The average molecular weight is 812 g/mol. The van der Waals surface area contributed by atoms with Gasteiger partial charge in [-0.15, -0.1) is 5.54 Å². The fourth-order valence-electron chi connectivity index (χ4n) is 9.70. The molecular formula is C46H53F4N5O2Si. The summed E-state index contributed by atoms with van der Waals surface area (Å²) in [6.45, 7) is 18.8. The molecule has 0 N–H and O–H groups in total. The van der Waals surface area contributed by atoms with E-state index in [4.69, 9.17) is 19.4 Å². The third-order valence-electron chi connectivity index (χ3n) is 12.8. The van der Waals surface area contributed by atoms with Crippen molar-refractivity contribution in [2.75, 3.05) is 51.4 Å². The zero-order valence-corrected chi connectivity index (χ0v) is 35.9. The molecular weight excluding hydrogens is 759 g/mol. The Hall–Kier alpha value is -4.49. The molecule has 1 aliphatic carbocycles. The molecule has 7 nitrogen and oxygen atoms in total. The average Bonchev–Trinajstić information content (AvgIpc) is 3.88. The van der Waals surface area contributed by atoms with Crippen LogP contribution in [0.25, 0.3) is 32.9 Å². The minimum absolute atomic E-state index is 0.0126. The number of benzene rings is 2. The summed E-state index contributed by atoms with van der Waals surface area (Å²) in [6.07, 6.45) is 0.00191. The lowest BCUT2D eigenvalue weighted by molar-refractivity contribution is 0.109. The van der Waals surface area contributed by atoms with Gasteiger partial charge in [-0.25, -0.2) is 22.5 Å². The molecule has 0 amide bonds. The van der Waals surface area contributed by atoms with Crippen LogP contribution in [-0.2, 0) is 4.74 Å². The van der Waals surface area contributed by atoms with Crippen LogP contribution in [-0.4, -0.2) is 86.6 Å². The van der Waals surface area contributed by atoms with Crippen LogP contribution in [0.2, 0.25) is 16.6 Å². The highest BCUT2D eigenvalue weighted by Gasteiger charge is 2.56. The first kappa shape index (κ1) is 41.7. The third-order valence-corrected chi connectivity index (χ3v) is 19.1. The second-order valence-corrected chi connectivity index (χ2v) is 22.9. The Morgan fingerprint density at radius 1 is 1.00 bits per heavy atom. The second-order valence-electron chi connectivity index (χ2n) is 17.4. The topological polar surface area (TPSA) is 63.6 Å². The Labute approximate surface area is 340 Å². The maximum atomic E-state index is 17.7. The third kappa shape index (κ3) is 7.26. The quantitative estimate of drug-likeness (QED) is 0.0998. The number of hydrogen-bond acceptors (Lipinski definition) is 7. The molecule has 1 saturated carbocycles. The molecule has 2 aromatic carbocycles. The van der Waals surface area contributed by atoms with Crippen LogP contribution < -0.4 is 9.64 Å². The van der Waals surface area contributed by atoms with Gasteiger partial charge in [-0.2, -0.15) is 9.97 Å². The zero-order valence-electron chi connectivity index (χ0n) is 34.9. The number of anilines is 1. The molecule has 0 radical (unpaired) electrons. The Kier molecular flexibility index (Phi) is 11.7. The van der Waals surface area contributed by atoms with Crippen molar-refractivity contribution in [3.8, 4) is 40.6 Å². The number of fused-ring (bicyclic) bond motifs is 3. The van der Waals surface area contributed by atoms with Gasteiger partial charge in [-0.3, -0.25) is 0 Å². The molecule has 3 aliphatic rings. The number of aromatic nitrogens is 3. The van der Waals surface area contributed by atoms with Crippen molar-refractivity contribution in [2.45, 2.75) is 90.6 Å². The Balaban J connectivity index is 1.47. The minimum Gasteiger partial charge on any atom is -0.462 e. The van der Waals surface area contributed by atoms with Gasteiger partial charge in [-0.1, -0.05) is 84.6 Å². The fourth-order valence-corrected chi connectivity index (χ4v) is 14.9. The van der Waals surface area contributed by atoms with E-state index in [9.17, 15) is 4.39 Å². The first-order chi connectivity index (χ1) is 27.7. The van der Waals surface area contributed by atoms with E-state index in [-0.39, 0.29) is 65.4 Å². The summed E-state index contributed by atoms with van der Waals surface area (Å²) >= 11 is 0. The first-order valence-electron chi connectivity index (χ1n) is 20.3. The molecule has 306 valence electrons. The van der Waals surface area contributed by atoms with Crippen LogP contribution in [0.5, 0.6) is 6.01 Å². The van der Waals surface area contributed by atoms with E-state index >= 15 is 13.2 Å². The van der Waals surface area contributed by atoms with Crippen LogP contribution in [0.15, 0.2) is 42.2 Å². The van der Waals surface area contributed by atoms with Crippen molar-refractivity contribution in [2.24, 2.45) is 11.3 Å². The molecule has 2 aliphatic heterocycles. The predicted molar refractivity (Wildman–Crippen MR) is 226 cm³/mol. The van der Waals surface area contributed by atoms with E-state index in [1.54, 1.807) is 30.0 Å². The Bertz CT molecular complexity index is 2380. The van der Waals surface area contributed by atoms with Crippen LogP contribution in [0.4, 0.5) is 23.4 Å². The van der Waals surface area contributed by atoms with Crippen molar-refractivity contribution in [1.29, 1.82) is 0 Å². The highest BCUT2D eigenvalue weighted by atomic mass is 28.3. The number of piperidine rings is 1. The number of likely N-dealkylation sites (tertiary alicyclic amines) is 1. The number of halogens is 4. The molecule has 2 aromatic heterocycles. The van der Waals surface area contributed by atoms with Crippen molar-refractivity contribution in [3.63, 3.8) is 0 Å². The largest absolute Gasteiger partial charge is 0.462 e. The van der Waals surface area contributed by atoms with Crippen molar-refractivity contribution < 1.29 is 27.0 Å². The molecule has 3 fully saturated rings. The maximum absolute atomic E-state index is 17.7. The molecule has 0 unspecified atom stereocenters. The molecule has 4 heterocycles. The van der Waals surface area contributed by atoms with Gasteiger partial charge >= 0.3 is 6.01 Å². The predicted octanol–water partition coefficient (Wildman–Crippen LogP) is 9.81. The van der Waals surface area contributed by atoms with Crippen LogP contribution in [0.1, 0.15) is 73.1 Å². The maximum Gasteiger partial charge on any atom is 0.319 e. The van der Waals surface area contributed by atoms with Crippen LogP contribution in [0.3, 0.4) is 0 Å². The van der Waals surface area contributed by atoms with Crippen LogP contribution >= 0.6 is 0 Å².